The van der Waals surface area contributed by atoms with Crippen LogP contribution in [0.3, 0.4) is 0 Å². The minimum Gasteiger partial charge on any atom is -0.496 e. The van der Waals surface area contributed by atoms with Gasteiger partial charge in [0.25, 0.3) is 0 Å². The highest BCUT2D eigenvalue weighted by Crippen LogP contribution is 2.23. The lowest BCUT2D eigenvalue weighted by molar-refractivity contribution is -0.135. The van der Waals surface area contributed by atoms with Gasteiger partial charge in [-0.2, -0.15) is 0 Å². The van der Waals surface area contributed by atoms with Crippen molar-refractivity contribution < 1.29 is 14.3 Å². The third-order valence-electron chi connectivity index (χ3n) is 3.17. The molecule has 1 aromatic rings. The number of carbonyl (C=O) groups excluding carboxylic acids is 2. The number of rotatable bonds is 6. The maximum atomic E-state index is 12.5. The number of nitrogens with one attached hydrogen (secondary N) is 1. The molecule has 6 heteroatoms. The van der Waals surface area contributed by atoms with Crippen LogP contribution in [-0.4, -0.2) is 42.5 Å². The predicted octanol–water partition coefficient (Wildman–Crippen LogP) is 2.65. The van der Waals surface area contributed by atoms with Crippen molar-refractivity contribution >= 4 is 23.4 Å². The molecule has 0 unspecified atom stereocenters. The van der Waals surface area contributed by atoms with E-state index in [-0.39, 0.29) is 30.3 Å². The second-order valence-electron chi connectivity index (χ2n) is 6.34. The Bertz CT molecular complexity index is 567. The molecule has 2 amide bonds. The van der Waals surface area contributed by atoms with Crippen LogP contribution in [0.4, 0.5) is 0 Å². The third-order valence-corrected chi connectivity index (χ3v) is 3.40. The van der Waals surface area contributed by atoms with Crippen LogP contribution in [0.15, 0.2) is 18.2 Å². The van der Waals surface area contributed by atoms with E-state index in [0.29, 0.717) is 22.9 Å². The summed E-state index contributed by atoms with van der Waals surface area (Å²) in [5, 5.41) is 3.40. The van der Waals surface area contributed by atoms with Gasteiger partial charge in [-0.15, -0.1) is 0 Å². The zero-order chi connectivity index (χ0) is 17.6. The zero-order valence-corrected chi connectivity index (χ0v) is 15.2. The summed E-state index contributed by atoms with van der Waals surface area (Å²) in [4.78, 5) is 26.0. The monoisotopic (exact) mass is 340 g/mol. The first-order chi connectivity index (χ1) is 10.7. The van der Waals surface area contributed by atoms with Crippen LogP contribution in [0, 0.1) is 0 Å². The van der Waals surface area contributed by atoms with E-state index < -0.39 is 0 Å². The number of methoxy groups -OCH3 is 1. The Labute approximate surface area is 142 Å². The molecule has 0 aliphatic carbocycles. The van der Waals surface area contributed by atoms with E-state index in [1.54, 1.807) is 25.3 Å². The average molecular weight is 341 g/mol. The van der Waals surface area contributed by atoms with Crippen LogP contribution >= 0.6 is 11.6 Å². The van der Waals surface area contributed by atoms with Gasteiger partial charge in [-0.25, -0.2) is 0 Å². The molecule has 0 aromatic heterocycles. The molecule has 0 aliphatic heterocycles. The maximum Gasteiger partial charge on any atom is 0.240 e. The lowest BCUT2D eigenvalue weighted by Gasteiger charge is -2.25. The fourth-order valence-electron chi connectivity index (χ4n) is 2.17. The highest BCUT2D eigenvalue weighted by Gasteiger charge is 2.20. The Kier molecular flexibility index (Phi) is 6.88. The summed E-state index contributed by atoms with van der Waals surface area (Å²) in [5.74, 6) is 0.292. The number of hydrogen-bond acceptors (Lipinski definition) is 3. The van der Waals surface area contributed by atoms with E-state index in [1.807, 2.05) is 27.7 Å². The highest BCUT2D eigenvalue weighted by atomic mass is 35.5. The van der Waals surface area contributed by atoms with Gasteiger partial charge in [0.05, 0.1) is 20.1 Å². The van der Waals surface area contributed by atoms with Crippen molar-refractivity contribution in [1.29, 1.82) is 0 Å². The van der Waals surface area contributed by atoms with Crippen molar-refractivity contribution in [1.82, 2.24) is 10.2 Å². The van der Waals surface area contributed by atoms with Gasteiger partial charge in [0.1, 0.15) is 5.75 Å². The first-order valence-electron chi connectivity index (χ1n) is 7.57. The minimum absolute atomic E-state index is 0.0372. The van der Waals surface area contributed by atoms with Crippen LogP contribution < -0.4 is 10.1 Å². The largest absolute Gasteiger partial charge is 0.496 e. The van der Waals surface area contributed by atoms with Gasteiger partial charge in [0.2, 0.25) is 11.8 Å². The van der Waals surface area contributed by atoms with Crippen LogP contribution in [0.1, 0.15) is 33.3 Å². The van der Waals surface area contributed by atoms with Gasteiger partial charge in [0.15, 0.2) is 0 Å². The summed E-state index contributed by atoms with van der Waals surface area (Å²) in [6.45, 7) is 8.05. The second-order valence-corrected chi connectivity index (χ2v) is 6.78. The first kappa shape index (κ1) is 19.3. The molecule has 0 heterocycles. The van der Waals surface area contributed by atoms with Crippen LogP contribution in [-0.2, 0) is 16.0 Å². The molecule has 23 heavy (non-hydrogen) atoms. The molecule has 0 saturated carbocycles. The molecule has 0 spiro atoms. The molecule has 5 nitrogen and oxygen atoms in total. The van der Waals surface area contributed by atoms with Crippen molar-refractivity contribution in [3.05, 3.63) is 28.8 Å². The Morgan fingerprint density at radius 1 is 1.30 bits per heavy atom. The minimum atomic E-state index is -0.324. The Morgan fingerprint density at radius 2 is 1.96 bits per heavy atom. The highest BCUT2D eigenvalue weighted by molar-refractivity contribution is 6.30. The molecule has 0 aliphatic rings. The van der Waals surface area contributed by atoms with E-state index in [2.05, 4.69) is 5.32 Å². The SMILES string of the molecule is CCN(CC(=O)NC(C)(C)C)C(=O)Cc1cc(Cl)ccc1OC. The standard InChI is InChI=1S/C17H25ClN2O3/c1-6-20(11-15(21)19-17(2,3)4)16(22)10-12-9-13(18)7-8-14(12)23-5/h7-9H,6,10-11H2,1-5H3,(H,19,21). The fourth-order valence-corrected chi connectivity index (χ4v) is 2.36. The van der Waals surface area contributed by atoms with Crippen molar-refractivity contribution in [3.8, 4) is 5.75 Å². The Morgan fingerprint density at radius 3 is 2.48 bits per heavy atom. The van der Waals surface area contributed by atoms with Gasteiger partial charge in [-0.3, -0.25) is 9.59 Å². The Balaban J connectivity index is 2.78. The molecule has 128 valence electrons. The number of nitrogens with zero attached hydrogens (tertiary/aromatic N) is 1. The summed E-state index contributed by atoms with van der Waals surface area (Å²) in [6, 6.07) is 5.15. The topological polar surface area (TPSA) is 58.6 Å². The maximum absolute atomic E-state index is 12.5. The summed E-state index contributed by atoms with van der Waals surface area (Å²) in [6.07, 6.45) is 0.139. The van der Waals surface area contributed by atoms with E-state index in [1.165, 1.54) is 4.90 Å². The molecule has 0 atom stereocenters. The fraction of sp³-hybridized carbons (Fsp3) is 0.529. The molecule has 0 fully saturated rings. The number of amides is 2. The zero-order valence-electron chi connectivity index (χ0n) is 14.4. The lowest BCUT2D eigenvalue weighted by atomic mass is 10.1. The van der Waals surface area contributed by atoms with Crippen LogP contribution in [0.25, 0.3) is 0 Å². The predicted molar refractivity (Wildman–Crippen MR) is 91.9 cm³/mol. The molecule has 1 rings (SSSR count). The molecule has 0 radical (unpaired) electrons. The van der Waals surface area contributed by atoms with Crippen molar-refractivity contribution in [2.45, 2.75) is 39.7 Å². The van der Waals surface area contributed by atoms with Gasteiger partial charge in [0, 0.05) is 22.7 Å². The molecule has 0 bridgehead atoms. The van der Waals surface area contributed by atoms with Gasteiger partial charge in [-0.1, -0.05) is 11.6 Å². The van der Waals surface area contributed by atoms with Crippen molar-refractivity contribution in [3.63, 3.8) is 0 Å². The number of halogens is 1. The van der Waals surface area contributed by atoms with E-state index in [4.69, 9.17) is 16.3 Å². The van der Waals surface area contributed by atoms with Crippen LogP contribution in [0.2, 0.25) is 5.02 Å². The number of carbonyl (C=O) groups is 2. The van der Waals surface area contributed by atoms with E-state index in [9.17, 15) is 9.59 Å². The van der Waals surface area contributed by atoms with Crippen molar-refractivity contribution in [2.24, 2.45) is 0 Å². The summed E-state index contributed by atoms with van der Waals surface area (Å²) < 4.78 is 5.25. The number of likely N-dealkylation sites (N-methyl/N-ethyl adjacent to an activating group) is 1. The van der Waals surface area contributed by atoms with E-state index >= 15 is 0 Å². The third kappa shape index (κ3) is 6.48. The number of hydrogen-bond donors (Lipinski definition) is 1. The normalized spacial score (nSPS) is 11.0. The van der Waals surface area contributed by atoms with Crippen LogP contribution in [0.5, 0.6) is 5.75 Å². The van der Waals surface area contributed by atoms with Crippen molar-refractivity contribution in [2.75, 3.05) is 20.2 Å². The van der Waals surface area contributed by atoms with E-state index in [0.717, 1.165) is 0 Å². The molecule has 1 N–H and O–H groups in total. The first-order valence-corrected chi connectivity index (χ1v) is 7.95. The average Bonchev–Trinajstić information content (AvgIpc) is 2.43. The smallest absolute Gasteiger partial charge is 0.240 e. The summed E-state index contributed by atoms with van der Waals surface area (Å²) >= 11 is 5.98. The number of ether oxygens (including phenoxy) is 1. The molecular formula is C17H25ClN2O3. The van der Waals surface area contributed by atoms with Gasteiger partial charge < -0.3 is 15.0 Å². The number of benzene rings is 1. The molecule has 1 aromatic carbocycles. The molecular weight excluding hydrogens is 316 g/mol. The van der Waals surface area contributed by atoms with Gasteiger partial charge in [-0.05, 0) is 45.9 Å². The van der Waals surface area contributed by atoms with Gasteiger partial charge >= 0.3 is 0 Å². The summed E-state index contributed by atoms with van der Waals surface area (Å²) in [7, 11) is 1.55. The molecule has 0 saturated heterocycles. The lowest BCUT2D eigenvalue weighted by Crippen LogP contribution is -2.47. The summed E-state index contributed by atoms with van der Waals surface area (Å²) in [5.41, 5.74) is 0.384. The quantitative estimate of drug-likeness (QED) is 0.866. The Hall–Kier alpha value is -1.75. The second kappa shape index (κ2) is 8.20.